The first-order chi connectivity index (χ1) is 8.08. The minimum Gasteiger partial charge on any atom is -0.395 e. The van der Waals surface area contributed by atoms with Crippen LogP contribution < -0.4 is 10.2 Å². The van der Waals surface area contributed by atoms with Gasteiger partial charge in [-0.15, -0.1) is 0 Å². The van der Waals surface area contributed by atoms with Gasteiger partial charge in [0, 0.05) is 31.9 Å². The highest BCUT2D eigenvalue weighted by Gasteiger charge is 2.10. The predicted octanol–water partition coefficient (Wildman–Crippen LogP) is 2.17. The Morgan fingerprint density at radius 2 is 1.82 bits per heavy atom. The lowest BCUT2D eigenvalue weighted by Gasteiger charge is -2.21. The van der Waals surface area contributed by atoms with Gasteiger partial charge in [0.2, 0.25) is 0 Å². The average molecular weight is 236 g/mol. The third-order valence-electron chi connectivity index (χ3n) is 3.11. The van der Waals surface area contributed by atoms with Crippen LogP contribution in [0.25, 0.3) is 0 Å². The molecule has 0 aliphatic rings. The van der Waals surface area contributed by atoms with E-state index in [1.54, 1.807) is 0 Å². The maximum absolute atomic E-state index is 9.17. The first kappa shape index (κ1) is 14.0. The van der Waals surface area contributed by atoms with Gasteiger partial charge in [-0.3, -0.25) is 0 Å². The number of nitrogens with zero attached hydrogens (tertiary/aromatic N) is 1. The molecule has 2 N–H and O–H groups in total. The normalized spacial score (nSPS) is 14.4. The standard InChI is InChI=1S/C14H24N2O/c1-5-13(10-17)15-11(2)12-6-8-14(9-7-12)16(3)4/h6-9,11,13,15,17H,5,10H2,1-4H3. The van der Waals surface area contributed by atoms with Crippen molar-refractivity contribution in [2.45, 2.75) is 32.4 Å². The van der Waals surface area contributed by atoms with Gasteiger partial charge in [0.25, 0.3) is 0 Å². The van der Waals surface area contributed by atoms with Crippen molar-refractivity contribution in [2.75, 3.05) is 25.6 Å². The smallest absolute Gasteiger partial charge is 0.0584 e. The Labute approximate surface area is 104 Å². The van der Waals surface area contributed by atoms with E-state index in [1.165, 1.54) is 11.3 Å². The number of aliphatic hydroxyl groups excluding tert-OH is 1. The van der Waals surface area contributed by atoms with E-state index in [9.17, 15) is 0 Å². The second-order valence-electron chi connectivity index (χ2n) is 4.66. The molecule has 3 nitrogen and oxygen atoms in total. The number of anilines is 1. The van der Waals surface area contributed by atoms with Crippen molar-refractivity contribution < 1.29 is 5.11 Å². The van der Waals surface area contributed by atoms with E-state index in [2.05, 4.69) is 48.3 Å². The summed E-state index contributed by atoms with van der Waals surface area (Å²) in [6, 6.07) is 8.96. The third-order valence-corrected chi connectivity index (χ3v) is 3.11. The third kappa shape index (κ3) is 4.02. The fraction of sp³-hybridized carbons (Fsp3) is 0.571. The molecular weight excluding hydrogens is 212 g/mol. The summed E-state index contributed by atoms with van der Waals surface area (Å²) in [7, 11) is 4.07. The molecule has 0 amide bonds. The van der Waals surface area contributed by atoms with E-state index in [0.717, 1.165) is 6.42 Å². The second kappa shape index (κ2) is 6.62. The topological polar surface area (TPSA) is 35.5 Å². The summed E-state index contributed by atoms with van der Waals surface area (Å²) in [4.78, 5) is 2.09. The van der Waals surface area contributed by atoms with E-state index in [4.69, 9.17) is 5.11 Å². The summed E-state index contributed by atoms with van der Waals surface area (Å²) in [5, 5.41) is 12.6. The lowest BCUT2D eigenvalue weighted by molar-refractivity contribution is 0.230. The quantitative estimate of drug-likeness (QED) is 0.794. The number of hydrogen-bond acceptors (Lipinski definition) is 3. The van der Waals surface area contributed by atoms with E-state index in [-0.39, 0.29) is 18.7 Å². The van der Waals surface area contributed by atoms with Crippen molar-refractivity contribution in [3.63, 3.8) is 0 Å². The fourth-order valence-corrected chi connectivity index (χ4v) is 1.81. The van der Waals surface area contributed by atoms with E-state index < -0.39 is 0 Å². The molecule has 0 bridgehead atoms. The Hall–Kier alpha value is -1.06. The predicted molar refractivity (Wildman–Crippen MR) is 73.5 cm³/mol. The van der Waals surface area contributed by atoms with Crippen LogP contribution in [0.4, 0.5) is 5.69 Å². The first-order valence-electron chi connectivity index (χ1n) is 6.22. The maximum Gasteiger partial charge on any atom is 0.0584 e. The zero-order chi connectivity index (χ0) is 12.8. The molecular formula is C14H24N2O. The molecule has 3 heteroatoms. The largest absolute Gasteiger partial charge is 0.395 e. The second-order valence-corrected chi connectivity index (χ2v) is 4.66. The minimum atomic E-state index is 0.179. The van der Waals surface area contributed by atoms with Crippen LogP contribution in [0.5, 0.6) is 0 Å². The molecule has 0 saturated heterocycles. The fourth-order valence-electron chi connectivity index (χ4n) is 1.81. The molecule has 1 aromatic carbocycles. The molecule has 0 radical (unpaired) electrons. The van der Waals surface area contributed by atoms with Crippen LogP contribution >= 0.6 is 0 Å². The van der Waals surface area contributed by atoms with Gasteiger partial charge in [-0.1, -0.05) is 19.1 Å². The molecule has 0 fully saturated rings. The maximum atomic E-state index is 9.17. The highest BCUT2D eigenvalue weighted by atomic mass is 16.3. The molecule has 0 heterocycles. The molecule has 0 saturated carbocycles. The zero-order valence-corrected chi connectivity index (χ0v) is 11.3. The molecule has 0 aromatic heterocycles. The molecule has 1 rings (SSSR count). The molecule has 2 atom stereocenters. The molecule has 1 aromatic rings. The van der Waals surface area contributed by atoms with Crippen molar-refractivity contribution in [2.24, 2.45) is 0 Å². The van der Waals surface area contributed by atoms with E-state index in [0.29, 0.717) is 0 Å². The van der Waals surface area contributed by atoms with Crippen LogP contribution in [0, 0.1) is 0 Å². The van der Waals surface area contributed by atoms with Gasteiger partial charge < -0.3 is 15.3 Å². The Kier molecular flexibility index (Phi) is 5.45. The Morgan fingerprint density at radius 3 is 2.24 bits per heavy atom. The van der Waals surface area contributed by atoms with Crippen molar-refractivity contribution in [3.8, 4) is 0 Å². The number of rotatable bonds is 6. The summed E-state index contributed by atoms with van der Waals surface area (Å²) >= 11 is 0. The van der Waals surface area contributed by atoms with Gasteiger partial charge in [0.05, 0.1) is 6.61 Å². The van der Waals surface area contributed by atoms with Gasteiger partial charge in [-0.25, -0.2) is 0 Å². The summed E-state index contributed by atoms with van der Waals surface area (Å²) in [6.07, 6.45) is 0.941. The Bertz CT molecular complexity index is 317. The number of aliphatic hydroxyl groups is 1. The van der Waals surface area contributed by atoms with Gasteiger partial charge in [-0.2, -0.15) is 0 Å². The van der Waals surface area contributed by atoms with Crippen LogP contribution in [-0.2, 0) is 0 Å². The molecule has 17 heavy (non-hydrogen) atoms. The SMILES string of the molecule is CCC(CO)NC(C)c1ccc(N(C)C)cc1. The summed E-state index contributed by atoms with van der Waals surface area (Å²) < 4.78 is 0. The van der Waals surface area contributed by atoms with Crippen LogP contribution in [0.3, 0.4) is 0 Å². The van der Waals surface area contributed by atoms with Gasteiger partial charge in [-0.05, 0) is 31.0 Å². The number of hydrogen-bond donors (Lipinski definition) is 2. The van der Waals surface area contributed by atoms with Crippen LogP contribution in [0.15, 0.2) is 24.3 Å². The van der Waals surface area contributed by atoms with Crippen LogP contribution in [0.1, 0.15) is 31.9 Å². The molecule has 0 aliphatic carbocycles. The molecule has 0 aliphatic heterocycles. The summed E-state index contributed by atoms with van der Waals surface area (Å²) in [6.45, 7) is 4.40. The van der Waals surface area contributed by atoms with Crippen molar-refractivity contribution in [1.29, 1.82) is 0 Å². The number of nitrogens with one attached hydrogen (secondary N) is 1. The Morgan fingerprint density at radius 1 is 1.24 bits per heavy atom. The van der Waals surface area contributed by atoms with Crippen LogP contribution in [0.2, 0.25) is 0 Å². The van der Waals surface area contributed by atoms with Crippen molar-refractivity contribution in [3.05, 3.63) is 29.8 Å². The summed E-state index contributed by atoms with van der Waals surface area (Å²) in [5.41, 5.74) is 2.46. The lowest BCUT2D eigenvalue weighted by Crippen LogP contribution is -2.33. The van der Waals surface area contributed by atoms with Gasteiger partial charge >= 0.3 is 0 Å². The highest BCUT2D eigenvalue weighted by molar-refractivity contribution is 5.46. The Balaban J connectivity index is 2.66. The minimum absolute atomic E-state index is 0.179. The average Bonchev–Trinajstić information content (AvgIpc) is 2.35. The van der Waals surface area contributed by atoms with E-state index in [1.807, 2.05) is 14.1 Å². The number of benzene rings is 1. The molecule has 96 valence electrons. The van der Waals surface area contributed by atoms with Gasteiger partial charge in [0.1, 0.15) is 0 Å². The first-order valence-corrected chi connectivity index (χ1v) is 6.22. The van der Waals surface area contributed by atoms with Crippen molar-refractivity contribution in [1.82, 2.24) is 5.32 Å². The highest BCUT2D eigenvalue weighted by Crippen LogP contribution is 2.18. The zero-order valence-electron chi connectivity index (χ0n) is 11.3. The van der Waals surface area contributed by atoms with Crippen molar-refractivity contribution >= 4 is 5.69 Å². The lowest BCUT2D eigenvalue weighted by atomic mass is 10.1. The molecule has 2 unspecified atom stereocenters. The van der Waals surface area contributed by atoms with Crippen LogP contribution in [-0.4, -0.2) is 31.9 Å². The van der Waals surface area contributed by atoms with E-state index >= 15 is 0 Å². The monoisotopic (exact) mass is 236 g/mol. The summed E-state index contributed by atoms with van der Waals surface area (Å²) in [5.74, 6) is 0. The van der Waals surface area contributed by atoms with Gasteiger partial charge in [0.15, 0.2) is 0 Å². The molecule has 0 spiro atoms.